The van der Waals surface area contributed by atoms with E-state index in [4.69, 9.17) is 0 Å². The van der Waals surface area contributed by atoms with Crippen molar-refractivity contribution >= 4 is 11.5 Å². The zero-order valence-electron chi connectivity index (χ0n) is 12.6. The lowest BCUT2D eigenvalue weighted by molar-refractivity contribution is -0.143. The SMILES string of the molecule is CC(C)(C)C(=O)/C=C/Nc1cc(C(F)(F)F)cc(C(F)(F)F)c1. The summed E-state index contributed by atoms with van der Waals surface area (Å²) in [5.74, 6) is -0.326. The van der Waals surface area contributed by atoms with Crippen LogP contribution in [0.15, 0.2) is 30.5 Å². The summed E-state index contributed by atoms with van der Waals surface area (Å²) >= 11 is 0. The smallest absolute Gasteiger partial charge is 0.362 e. The van der Waals surface area contributed by atoms with Gasteiger partial charge in [0.1, 0.15) is 0 Å². The zero-order valence-corrected chi connectivity index (χ0v) is 12.6. The molecule has 0 fully saturated rings. The minimum atomic E-state index is -4.91. The molecule has 8 heteroatoms. The highest BCUT2D eigenvalue weighted by atomic mass is 19.4. The normalized spacial score (nSPS) is 13.4. The Hall–Kier alpha value is -1.99. The Morgan fingerprint density at radius 1 is 0.913 bits per heavy atom. The molecule has 0 radical (unpaired) electrons. The van der Waals surface area contributed by atoms with Crippen molar-refractivity contribution in [2.24, 2.45) is 5.41 Å². The fraction of sp³-hybridized carbons (Fsp3) is 0.400. The molecule has 0 aromatic heterocycles. The second kappa shape index (κ2) is 6.25. The fourth-order valence-electron chi connectivity index (χ4n) is 1.50. The highest BCUT2D eigenvalue weighted by molar-refractivity contribution is 5.94. The molecule has 1 N–H and O–H groups in total. The van der Waals surface area contributed by atoms with Gasteiger partial charge in [0.25, 0.3) is 0 Å². The van der Waals surface area contributed by atoms with E-state index in [1.807, 2.05) is 0 Å². The minimum absolute atomic E-state index is 0.0369. The molecule has 0 atom stereocenters. The highest BCUT2D eigenvalue weighted by Gasteiger charge is 2.36. The van der Waals surface area contributed by atoms with Crippen LogP contribution in [-0.4, -0.2) is 5.78 Å². The predicted octanol–water partition coefficient (Wildman–Crippen LogP) is 5.27. The average molecular weight is 339 g/mol. The minimum Gasteiger partial charge on any atom is -0.362 e. The second-order valence-corrected chi connectivity index (χ2v) is 5.89. The van der Waals surface area contributed by atoms with E-state index < -0.39 is 34.6 Å². The first-order chi connectivity index (χ1) is 10.2. The van der Waals surface area contributed by atoms with E-state index in [9.17, 15) is 31.1 Å². The molecule has 0 saturated heterocycles. The van der Waals surface area contributed by atoms with E-state index in [0.29, 0.717) is 12.1 Å². The maximum atomic E-state index is 12.7. The molecule has 1 aromatic rings. The van der Waals surface area contributed by atoms with Gasteiger partial charge in [0, 0.05) is 17.3 Å². The molecule has 0 aliphatic carbocycles. The fourth-order valence-corrected chi connectivity index (χ4v) is 1.50. The van der Waals surface area contributed by atoms with Gasteiger partial charge in [0.2, 0.25) is 0 Å². The van der Waals surface area contributed by atoms with E-state index >= 15 is 0 Å². The number of allylic oxidation sites excluding steroid dienone is 1. The Labute approximate surface area is 129 Å². The standard InChI is InChI=1S/C15H15F6NO/c1-13(2,3)12(23)4-5-22-11-7-9(14(16,17)18)6-10(8-11)15(19,20)21/h4-8,22H,1-3H3/b5-4+. The molecule has 23 heavy (non-hydrogen) atoms. The molecule has 1 rings (SSSR count). The molecular formula is C15H15F6NO. The third kappa shape index (κ3) is 5.61. The summed E-state index contributed by atoms with van der Waals surface area (Å²) in [6.45, 7) is 4.89. The summed E-state index contributed by atoms with van der Waals surface area (Å²) in [5, 5.41) is 2.27. The van der Waals surface area contributed by atoms with Crippen molar-refractivity contribution in [1.82, 2.24) is 0 Å². The molecule has 0 bridgehead atoms. The quantitative estimate of drug-likeness (QED) is 0.601. The Bertz CT molecular complexity index is 576. The van der Waals surface area contributed by atoms with Crippen molar-refractivity contribution in [3.8, 4) is 0 Å². The first-order valence-corrected chi connectivity index (χ1v) is 6.48. The highest BCUT2D eigenvalue weighted by Crippen LogP contribution is 2.37. The molecule has 0 amide bonds. The first kappa shape index (κ1) is 19.1. The van der Waals surface area contributed by atoms with Gasteiger partial charge >= 0.3 is 12.4 Å². The summed E-state index contributed by atoms with van der Waals surface area (Å²) in [5.41, 5.74) is -3.97. The zero-order chi connectivity index (χ0) is 18.1. The number of rotatable bonds is 3. The number of anilines is 1. The van der Waals surface area contributed by atoms with E-state index in [1.165, 1.54) is 0 Å². The Balaban J connectivity index is 3.12. The van der Waals surface area contributed by atoms with Crippen LogP contribution in [0, 0.1) is 5.41 Å². The number of halogens is 6. The van der Waals surface area contributed by atoms with Crippen LogP contribution >= 0.6 is 0 Å². The van der Waals surface area contributed by atoms with Crippen LogP contribution < -0.4 is 5.32 Å². The Morgan fingerprint density at radius 2 is 1.35 bits per heavy atom. The van der Waals surface area contributed by atoms with Gasteiger partial charge in [0.15, 0.2) is 5.78 Å². The third-order valence-corrected chi connectivity index (χ3v) is 2.81. The van der Waals surface area contributed by atoms with Gasteiger partial charge in [-0.15, -0.1) is 0 Å². The van der Waals surface area contributed by atoms with Gasteiger partial charge in [-0.05, 0) is 24.3 Å². The van der Waals surface area contributed by atoms with E-state index in [0.717, 1.165) is 12.3 Å². The van der Waals surface area contributed by atoms with Crippen molar-refractivity contribution in [3.05, 3.63) is 41.6 Å². The van der Waals surface area contributed by atoms with Crippen molar-refractivity contribution in [3.63, 3.8) is 0 Å². The van der Waals surface area contributed by atoms with Crippen molar-refractivity contribution in [1.29, 1.82) is 0 Å². The number of ketones is 1. The number of benzene rings is 1. The molecule has 0 saturated carbocycles. The second-order valence-electron chi connectivity index (χ2n) is 5.89. The van der Waals surface area contributed by atoms with Crippen LogP contribution in [0.1, 0.15) is 31.9 Å². The van der Waals surface area contributed by atoms with Crippen molar-refractivity contribution in [2.75, 3.05) is 5.32 Å². The molecule has 0 aliphatic rings. The van der Waals surface area contributed by atoms with Crippen LogP contribution in [-0.2, 0) is 17.1 Å². The number of carbonyl (C=O) groups excluding carboxylic acids is 1. The maximum Gasteiger partial charge on any atom is 0.416 e. The van der Waals surface area contributed by atoms with Gasteiger partial charge < -0.3 is 5.32 Å². The molecule has 0 aliphatic heterocycles. The summed E-state index contributed by atoms with van der Waals surface area (Å²) < 4.78 is 76.1. The van der Waals surface area contributed by atoms with Gasteiger partial charge in [-0.2, -0.15) is 26.3 Å². The van der Waals surface area contributed by atoms with Gasteiger partial charge in [0.05, 0.1) is 11.1 Å². The summed E-state index contributed by atoms with van der Waals surface area (Å²) in [4.78, 5) is 11.6. The predicted molar refractivity (Wildman–Crippen MR) is 73.7 cm³/mol. The van der Waals surface area contributed by atoms with E-state index in [2.05, 4.69) is 5.32 Å². The maximum absolute atomic E-state index is 12.7. The van der Waals surface area contributed by atoms with Crippen LogP contribution in [0.5, 0.6) is 0 Å². The lowest BCUT2D eigenvalue weighted by atomic mass is 9.91. The molecule has 0 spiro atoms. The lowest BCUT2D eigenvalue weighted by Gasteiger charge is -2.15. The topological polar surface area (TPSA) is 29.1 Å². The average Bonchev–Trinajstić information content (AvgIpc) is 2.35. The lowest BCUT2D eigenvalue weighted by Crippen LogP contribution is -2.17. The van der Waals surface area contributed by atoms with E-state index in [-0.39, 0.29) is 11.8 Å². The molecular weight excluding hydrogens is 324 g/mol. The van der Waals surface area contributed by atoms with Crippen LogP contribution in [0.2, 0.25) is 0 Å². The van der Waals surface area contributed by atoms with Crippen molar-refractivity contribution in [2.45, 2.75) is 33.1 Å². The molecule has 1 aromatic carbocycles. The first-order valence-electron chi connectivity index (χ1n) is 6.48. The molecule has 2 nitrogen and oxygen atoms in total. The third-order valence-electron chi connectivity index (χ3n) is 2.81. The van der Waals surface area contributed by atoms with Gasteiger partial charge in [-0.25, -0.2) is 0 Å². The van der Waals surface area contributed by atoms with Gasteiger partial charge in [-0.1, -0.05) is 20.8 Å². The van der Waals surface area contributed by atoms with Crippen LogP contribution in [0.3, 0.4) is 0 Å². The molecule has 0 unspecified atom stereocenters. The van der Waals surface area contributed by atoms with Crippen LogP contribution in [0.4, 0.5) is 32.0 Å². The Kier molecular flexibility index (Phi) is 5.18. The number of carbonyl (C=O) groups is 1. The number of hydrogen-bond donors (Lipinski definition) is 1. The van der Waals surface area contributed by atoms with Crippen LogP contribution in [0.25, 0.3) is 0 Å². The summed E-state index contributed by atoms with van der Waals surface area (Å²) in [6.07, 6.45) is -7.75. The summed E-state index contributed by atoms with van der Waals surface area (Å²) in [6, 6.07) is 1.12. The van der Waals surface area contributed by atoms with Crippen molar-refractivity contribution < 1.29 is 31.1 Å². The largest absolute Gasteiger partial charge is 0.416 e. The van der Waals surface area contributed by atoms with Gasteiger partial charge in [-0.3, -0.25) is 4.79 Å². The van der Waals surface area contributed by atoms with E-state index in [1.54, 1.807) is 20.8 Å². The molecule has 128 valence electrons. The summed E-state index contributed by atoms with van der Waals surface area (Å²) in [7, 11) is 0. The number of hydrogen-bond acceptors (Lipinski definition) is 2. The molecule has 0 heterocycles. The Morgan fingerprint density at radius 3 is 1.70 bits per heavy atom. The number of nitrogens with one attached hydrogen (secondary N) is 1. The monoisotopic (exact) mass is 339 g/mol. The number of alkyl halides is 6.